The molecule has 0 saturated heterocycles. The van der Waals surface area contributed by atoms with Crippen molar-refractivity contribution in [3.05, 3.63) is 29.6 Å². The van der Waals surface area contributed by atoms with E-state index in [0.29, 0.717) is 5.69 Å². The van der Waals surface area contributed by atoms with Gasteiger partial charge >= 0.3 is 0 Å². The molecule has 1 aromatic rings. The lowest BCUT2D eigenvalue weighted by molar-refractivity contribution is 0.0798. The highest BCUT2D eigenvalue weighted by molar-refractivity contribution is 5.92. The average Bonchev–Trinajstić information content (AvgIpc) is 2.25. The summed E-state index contributed by atoms with van der Waals surface area (Å²) in [6.45, 7) is 1.44. The van der Waals surface area contributed by atoms with Gasteiger partial charge in [0.2, 0.25) is 0 Å². The molecule has 0 aliphatic heterocycles. The minimum Gasteiger partial charge on any atom is -0.394 e. The molecule has 5 heteroatoms. The summed E-state index contributed by atoms with van der Waals surface area (Å²) in [6.07, 6.45) is -0.932. The first-order valence-electron chi connectivity index (χ1n) is 4.64. The maximum Gasteiger partial charge on any atom is 0.269 e. The maximum absolute atomic E-state index is 11.5. The van der Waals surface area contributed by atoms with E-state index in [1.165, 1.54) is 0 Å². The molecule has 0 fully saturated rings. The second-order valence-corrected chi connectivity index (χ2v) is 3.21. The van der Waals surface area contributed by atoms with Crippen LogP contribution in [0.5, 0.6) is 0 Å². The Morgan fingerprint density at radius 1 is 1.60 bits per heavy atom. The number of amides is 1. The number of aliphatic hydroxyl groups excluding tert-OH is 2. The topological polar surface area (TPSA) is 82.5 Å². The third kappa shape index (κ3) is 3.65. The third-order valence-electron chi connectivity index (χ3n) is 1.83. The molecular formula is C10H14N2O3. The van der Waals surface area contributed by atoms with Crippen molar-refractivity contribution in [1.29, 1.82) is 0 Å². The van der Waals surface area contributed by atoms with Crippen LogP contribution in [-0.4, -0.2) is 40.4 Å². The van der Waals surface area contributed by atoms with E-state index in [-0.39, 0.29) is 19.1 Å². The number of aryl methyl sites for hydroxylation is 1. The Bertz CT molecular complexity index is 341. The first-order valence-corrected chi connectivity index (χ1v) is 4.64. The lowest BCUT2D eigenvalue weighted by atomic mass is 10.3. The second kappa shape index (κ2) is 5.43. The van der Waals surface area contributed by atoms with Gasteiger partial charge in [0, 0.05) is 12.2 Å². The van der Waals surface area contributed by atoms with Gasteiger partial charge in [0.1, 0.15) is 5.69 Å². The molecule has 1 rings (SSSR count). The van der Waals surface area contributed by atoms with Crippen molar-refractivity contribution < 1.29 is 15.0 Å². The van der Waals surface area contributed by atoms with Crippen molar-refractivity contribution in [3.8, 4) is 0 Å². The van der Waals surface area contributed by atoms with Crippen molar-refractivity contribution in [2.45, 2.75) is 13.0 Å². The smallest absolute Gasteiger partial charge is 0.269 e. The lowest BCUT2D eigenvalue weighted by Gasteiger charge is -2.08. The zero-order chi connectivity index (χ0) is 11.3. The maximum atomic E-state index is 11.5. The predicted octanol–water partition coefficient (Wildman–Crippen LogP) is -0.527. The van der Waals surface area contributed by atoms with Crippen LogP contribution in [0.2, 0.25) is 0 Å². The second-order valence-electron chi connectivity index (χ2n) is 3.21. The van der Waals surface area contributed by atoms with Crippen molar-refractivity contribution in [2.75, 3.05) is 13.2 Å². The molecule has 1 unspecified atom stereocenters. The highest BCUT2D eigenvalue weighted by atomic mass is 16.3. The van der Waals surface area contributed by atoms with E-state index in [0.717, 1.165) is 5.69 Å². The Morgan fingerprint density at radius 3 is 2.93 bits per heavy atom. The highest BCUT2D eigenvalue weighted by Gasteiger charge is 2.08. The molecular weight excluding hydrogens is 196 g/mol. The zero-order valence-electron chi connectivity index (χ0n) is 8.47. The summed E-state index contributed by atoms with van der Waals surface area (Å²) in [7, 11) is 0. The fourth-order valence-electron chi connectivity index (χ4n) is 1.04. The van der Waals surface area contributed by atoms with E-state index in [9.17, 15) is 4.79 Å². The predicted molar refractivity (Wildman–Crippen MR) is 54.4 cm³/mol. The SMILES string of the molecule is Cc1cccc(C(=O)NCC(O)CO)n1. The van der Waals surface area contributed by atoms with Crippen molar-refractivity contribution in [1.82, 2.24) is 10.3 Å². The minimum atomic E-state index is -0.932. The van der Waals surface area contributed by atoms with Crippen molar-refractivity contribution >= 4 is 5.91 Å². The molecule has 0 spiro atoms. The van der Waals surface area contributed by atoms with Gasteiger partial charge in [-0.1, -0.05) is 6.07 Å². The summed E-state index contributed by atoms with van der Waals surface area (Å²) in [4.78, 5) is 15.5. The molecule has 0 saturated carbocycles. The highest BCUT2D eigenvalue weighted by Crippen LogP contribution is 1.97. The summed E-state index contributed by atoms with van der Waals surface area (Å²) >= 11 is 0. The van der Waals surface area contributed by atoms with Gasteiger partial charge in [-0.05, 0) is 19.1 Å². The largest absolute Gasteiger partial charge is 0.394 e. The molecule has 1 atom stereocenters. The van der Waals surface area contributed by atoms with Gasteiger partial charge < -0.3 is 15.5 Å². The van der Waals surface area contributed by atoms with Crippen molar-refractivity contribution in [3.63, 3.8) is 0 Å². The number of nitrogens with one attached hydrogen (secondary N) is 1. The monoisotopic (exact) mass is 210 g/mol. The molecule has 1 heterocycles. The third-order valence-corrected chi connectivity index (χ3v) is 1.83. The number of pyridine rings is 1. The van der Waals surface area contributed by atoms with Gasteiger partial charge in [0.05, 0.1) is 12.7 Å². The average molecular weight is 210 g/mol. The van der Waals surface area contributed by atoms with Crippen LogP contribution in [0, 0.1) is 6.92 Å². The van der Waals surface area contributed by atoms with Crippen LogP contribution in [0.4, 0.5) is 0 Å². The minimum absolute atomic E-state index is 0.0188. The summed E-state index contributed by atoms with van der Waals surface area (Å²) < 4.78 is 0. The first kappa shape index (κ1) is 11.6. The summed E-state index contributed by atoms with van der Waals surface area (Å²) in [6, 6.07) is 5.12. The number of aromatic nitrogens is 1. The van der Waals surface area contributed by atoms with E-state index in [1.54, 1.807) is 25.1 Å². The van der Waals surface area contributed by atoms with E-state index >= 15 is 0 Å². The molecule has 1 amide bonds. The number of carbonyl (C=O) groups excluding carboxylic acids is 1. The fraction of sp³-hybridized carbons (Fsp3) is 0.400. The lowest BCUT2D eigenvalue weighted by Crippen LogP contribution is -2.34. The van der Waals surface area contributed by atoms with Gasteiger partial charge in [-0.25, -0.2) is 4.98 Å². The quantitative estimate of drug-likeness (QED) is 0.624. The number of hydrogen-bond donors (Lipinski definition) is 3. The standard InChI is InChI=1S/C10H14N2O3/c1-7-3-2-4-9(12-7)10(15)11-5-8(14)6-13/h2-4,8,13-14H,5-6H2,1H3,(H,11,15). The Balaban J connectivity index is 2.54. The number of aliphatic hydroxyl groups is 2. The van der Waals surface area contributed by atoms with Gasteiger partial charge in [-0.3, -0.25) is 4.79 Å². The van der Waals surface area contributed by atoms with Crippen LogP contribution in [0.25, 0.3) is 0 Å². The van der Waals surface area contributed by atoms with Crippen LogP contribution in [0.15, 0.2) is 18.2 Å². The Labute approximate surface area is 87.8 Å². The van der Waals surface area contributed by atoms with E-state index in [4.69, 9.17) is 10.2 Å². The van der Waals surface area contributed by atoms with Crippen LogP contribution < -0.4 is 5.32 Å². The number of rotatable bonds is 4. The van der Waals surface area contributed by atoms with Crippen LogP contribution >= 0.6 is 0 Å². The number of carbonyl (C=O) groups is 1. The summed E-state index contributed by atoms with van der Waals surface area (Å²) in [5.74, 6) is -0.355. The van der Waals surface area contributed by atoms with Crippen LogP contribution in [-0.2, 0) is 0 Å². The van der Waals surface area contributed by atoms with E-state index in [2.05, 4.69) is 10.3 Å². The molecule has 1 aromatic heterocycles. The molecule has 82 valence electrons. The summed E-state index contributed by atoms with van der Waals surface area (Å²) in [5, 5.41) is 20.0. The van der Waals surface area contributed by atoms with Crippen LogP contribution in [0.1, 0.15) is 16.2 Å². The molecule has 3 N–H and O–H groups in total. The van der Waals surface area contributed by atoms with Gasteiger partial charge in [-0.2, -0.15) is 0 Å². The fourth-order valence-corrected chi connectivity index (χ4v) is 1.04. The van der Waals surface area contributed by atoms with E-state index in [1.807, 2.05) is 0 Å². The molecule has 0 bridgehead atoms. The summed E-state index contributed by atoms with van der Waals surface area (Å²) in [5.41, 5.74) is 1.06. The first-order chi connectivity index (χ1) is 7.13. The van der Waals surface area contributed by atoms with Crippen LogP contribution in [0.3, 0.4) is 0 Å². The molecule has 15 heavy (non-hydrogen) atoms. The Hall–Kier alpha value is -1.46. The zero-order valence-corrected chi connectivity index (χ0v) is 8.47. The molecule has 0 aliphatic carbocycles. The van der Waals surface area contributed by atoms with E-state index < -0.39 is 6.10 Å². The normalized spacial score (nSPS) is 12.2. The Kier molecular flexibility index (Phi) is 4.20. The number of hydrogen-bond acceptors (Lipinski definition) is 4. The Morgan fingerprint density at radius 2 is 2.33 bits per heavy atom. The number of nitrogens with zero attached hydrogens (tertiary/aromatic N) is 1. The van der Waals surface area contributed by atoms with Gasteiger partial charge in [0.25, 0.3) is 5.91 Å². The molecule has 5 nitrogen and oxygen atoms in total. The van der Waals surface area contributed by atoms with Gasteiger partial charge in [-0.15, -0.1) is 0 Å². The molecule has 0 aliphatic rings. The van der Waals surface area contributed by atoms with Gasteiger partial charge in [0.15, 0.2) is 0 Å². The molecule has 0 aromatic carbocycles. The molecule has 0 radical (unpaired) electrons. The van der Waals surface area contributed by atoms with Crippen molar-refractivity contribution in [2.24, 2.45) is 0 Å².